The summed E-state index contributed by atoms with van der Waals surface area (Å²) in [4.78, 5) is 0. The second-order valence-electron chi connectivity index (χ2n) is 4.46. The smallest absolute Gasteiger partial charge is 0.0406 e. The van der Waals surface area contributed by atoms with Crippen LogP contribution in [0.2, 0.25) is 0 Å². The molecule has 1 N–H and O–H groups in total. The number of alkyl halides is 1. The average Bonchev–Trinajstić information content (AvgIpc) is 2.77. The molecule has 0 atom stereocenters. The van der Waals surface area contributed by atoms with Gasteiger partial charge in [-0.2, -0.15) is 0 Å². The van der Waals surface area contributed by atoms with Gasteiger partial charge in [0, 0.05) is 18.0 Å². The summed E-state index contributed by atoms with van der Waals surface area (Å²) in [6.07, 6.45) is 5.08. The Bertz CT molecular complexity index is 291. The van der Waals surface area contributed by atoms with E-state index in [1.54, 1.807) is 0 Å². The van der Waals surface area contributed by atoms with Crippen LogP contribution in [0.1, 0.15) is 31.2 Å². The third kappa shape index (κ3) is 2.73. The first kappa shape index (κ1) is 11.0. The van der Waals surface area contributed by atoms with E-state index in [0.29, 0.717) is 0 Å². The highest BCUT2D eigenvalue weighted by atomic mass is 35.5. The maximum Gasteiger partial charge on any atom is 0.0406 e. The van der Waals surface area contributed by atoms with Crippen LogP contribution in [0, 0.1) is 0 Å². The molecule has 1 aromatic rings. The van der Waals surface area contributed by atoms with Crippen molar-refractivity contribution in [2.75, 3.05) is 5.88 Å². The minimum absolute atomic E-state index is 0.206. The van der Waals surface area contributed by atoms with Gasteiger partial charge in [0.1, 0.15) is 0 Å². The first-order valence-electron chi connectivity index (χ1n) is 5.70. The molecule has 0 bridgehead atoms. The Balaban J connectivity index is 1.92. The standard InChI is InChI=1S/C13H18ClN/c14-11-13(8-4-5-9-13)15-10-12-6-2-1-3-7-12/h1-3,6-7,15H,4-5,8-11H2. The number of hydrogen-bond acceptors (Lipinski definition) is 1. The molecule has 1 aromatic carbocycles. The minimum atomic E-state index is 0.206. The van der Waals surface area contributed by atoms with E-state index < -0.39 is 0 Å². The zero-order valence-electron chi connectivity index (χ0n) is 9.01. The van der Waals surface area contributed by atoms with E-state index >= 15 is 0 Å². The Hall–Kier alpha value is -0.530. The molecule has 1 aliphatic carbocycles. The van der Waals surface area contributed by atoms with Crippen molar-refractivity contribution in [3.8, 4) is 0 Å². The van der Waals surface area contributed by atoms with E-state index in [4.69, 9.17) is 11.6 Å². The highest BCUT2D eigenvalue weighted by molar-refractivity contribution is 6.18. The normalized spacial score (nSPS) is 19.3. The first-order valence-corrected chi connectivity index (χ1v) is 6.23. The fourth-order valence-electron chi connectivity index (χ4n) is 2.29. The molecule has 0 saturated heterocycles. The lowest BCUT2D eigenvalue weighted by Crippen LogP contribution is -2.43. The lowest BCUT2D eigenvalue weighted by atomic mass is 10.00. The molecule has 0 aliphatic heterocycles. The highest BCUT2D eigenvalue weighted by Crippen LogP contribution is 2.30. The molecule has 0 heterocycles. The molecule has 1 nitrogen and oxygen atoms in total. The maximum atomic E-state index is 6.07. The summed E-state index contributed by atoms with van der Waals surface area (Å²) in [7, 11) is 0. The van der Waals surface area contributed by atoms with Gasteiger partial charge in [-0.05, 0) is 18.4 Å². The minimum Gasteiger partial charge on any atom is -0.306 e. The molecule has 15 heavy (non-hydrogen) atoms. The molecule has 82 valence electrons. The van der Waals surface area contributed by atoms with Gasteiger partial charge in [-0.15, -0.1) is 11.6 Å². The van der Waals surface area contributed by atoms with Crippen LogP contribution in [-0.4, -0.2) is 11.4 Å². The zero-order chi connectivity index (χ0) is 10.6. The molecule has 0 amide bonds. The molecule has 1 saturated carbocycles. The Labute approximate surface area is 96.8 Å². The van der Waals surface area contributed by atoms with E-state index in [1.807, 2.05) is 0 Å². The lowest BCUT2D eigenvalue weighted by molar-refractivity contribution is 0.368. The van der Waals surface area contributed by atoms with E-state index in [1.165, 1.54) is 31.2 Å². The summed E-state index contributed by atoms with van der Waals surface area (Å²) < 4.78 is 0. The van der Waals surface area contributed by atoms with Gasteiger partial charge in [0.05, 0.1) is 0 Å². The molecule has 2 rings (SSSR count). The van der Waals surface area contributed by atoms with Crippen LogP contribution in [-0.2, 0) is 6.54 Å². The molecular formula is C13H18ClN. The van der Waals surface area contributed by atoms with Crippen molar-refractivity contribution in [2.45, 2.75) is 37.8 Å². The van der Waals surface area contributed by atoms with E-state index in [9.17, 15) is 0 Å². The van der Waals surface area contributed by atoms with Crippen LogP contribution in [0.3, 0.4) is 0 Å². The fourth-order valence-corrected chi connectivity index (χ4v) is 2.66. The summed E-state index contributed by atoms with van der Waals surface area (Å²) in [5.41, 5.74) is 1.55. The van der Waals surface area contributed by atoms with Crippen LogP contribution in [0.5, 0.6) is 0 Å². The monoisotopic (exact) mass is 223 g/mol. The van der Waals surface area contributed by atoms with Crippen molar-refractivity contribution in [1.82, 2.24) is 5.32 Å². The number of hydrogen-bond donors (Lipinski definition) is 1. The average molecular weight is 224 g/mol. The van der Waals surface area contributed by atoms with Crippen LogP contribution in [0.25, 0.3) is 0 Å². The van der Waals surface area contributed by atoms with Crippen LogP contribution < -0.4 is 5.32 Å². The zero-order valence-corrected chi connectivity index (χ0v) is 9.76. The molecule has 0 aromatic heterocycles. The molecular weight excluding hydrogens is 206 g/mol. The quantitative estimate of drug-likeness (QED) is 0.773. The van der Waals surface area contributed by atoms with E-state index in [2.05, 4.69) is 35.6 Å². The van der Waals surface area contributed by atoms with Gasteiger partial charge in [-0.3, -0.25) is 0 Å². The second kappa shape index (κ2) is 5.00. The predicted molar refractivity (Wildman–Crippen MR) is 65.2 cm³/mol. The molecule has 1 fully saturated rings. The molecule has 0 spiro atoms. The third-order valence-corrected chi connectivity index (χ3v) is 3.84. The van der Waals surface area contributed by atoms with Gasteiger partial charge < -0.3 is 5.32 Å². The second-order valence-corrected chi connectivity index (χ2v) is 4.73. The molecule has 2 heteroatoms. The third-order valence-electron chi connectivity index (χ3n) is 3.33. The van der Waals surface area contributed by atoms with E-state index in [0.717, 1.165) is 12.4 Å². The van der Waals surface area contributed by atoms with Crippen LogP contribution in [0.4, 0.5) is 0 Å². The van der Waals surface area contributed by atoms with Gasteiger partial charge in [0.25, 0.3) is 0 Å². The van der Waals surface area contributed by atoms with Crippen molar-refractivity contribution in [3.05, 3.63) is 35.9 Å². The molecule has 1 aliphatic rings. The van der Waals surface area contributed by atoms with Crippen LogP contribution in [0.15, 0.2) is 30.3 Å². The van der Waals surface area contributed by atoms with Crippen molar-refractivity contribution in [1.29, 1.82) is 0 Å². The Morgan fingerprint density at radius 3 is 2.40 bits per heavy atom. The predicted octanol–water partition coefficient (Wildman–Crippen LogP) is 3.33. The summed E-state index contributed by atoms with van der Waals surface area (Å²) in [5.74, 6) is 0.736. The number of nitrogens with one attached hydrogen (secondary N) is 1. The number of benzene rings is 1. The molecule has 0 unspecified atom stereocenters. The number of rotatable bonds is 4. The summed E-state index contributed by atoms with van der Waals surface area (Å²) in [5, 5.41) is 3.63. The van der Waals surface area contributed by atoms with Crippen molar-refractivity contribution in [2.24, 2.45) is 0 Å². The maximum absolute atomic E-state index is 6.07. The van der Waals surface area contributed by atoms with Gasteiger partial charge in [0.15, 0.2) is 0 Å². The summed E-state index contributed by atoms with van der Waals surface area (Å²) >= 11 is 6.07. The largest absolute Gasteiger partial charge is 0.306 e. The Morgan fingerprint density at radius 1 is 1.13 bits per heavy atom. The van der Waals surface area contributed by atoms with Crippen molar-refractivity contribution in [3.63, 3.8) is 0 Å². The summed E-state index contributed by atoms with van der Waals surface area (Å²) in [6, 6.07) is 10.5. The van der Waals surface area contributed by atoms with Gasteiger partial charge in [-0.25, -0.2) is 0 Å². The Kier molecular flexibility index (Phi) is 3.66. The van der Waals surface area contributed by atoms with Gasteiger partial charge in [0.2, 0.25) is 0 Å². The SMILES string of the molecule is ClCC1(NCc2ccccc2)CCCC1. The van der Waals surface area contributed by atoms with Gasteiger partial charge >= 0.3 is 0 Å². The van der Waals surface area contributed by atoms with Crippen LogP contribution >= 0.6 is 11.6 Å². The van der Waals surface area contributed by atoms with Gasteiger partial charge in [-0.1, -0.05) is 43.2 Å². The topological polar surface area (TPSA) is 12.0 Å². The summed E-state index contributed by atoms with van der Waals surface area (Å²) in [6.45, 7) is 0.938. The molecule has 0 radical (unpaired) electrons. The van der Waals surface area contributed by atoms with E-state index in [-0.39, 0.29) is 5.54 Å². The lowest BCUT2D eigenvalue weighted by Gasteiger charge is -2.28. The Morgan fingerprint density at radius 2 is 1.80 bits per heavy atom. The highest BCUT2D eigenvalue weighted by Gasteiger charge is 2.31. The van der Waals surface area contributed by atoms with Crippen molar-refractivity contribution >= 4 is 11.6 Å². The number of halogens is 1. The first-order chi connectivity index (χ1) is 7.35. The van der Waals surface area contributed by atoms with Crippen molar-refractivity contribution < 1.29 is 0 Å². The fraction of sp³-hybridized carbons (Fsp3) is 0.538.